The minimum atomic E-state index is 0.110. The van der Waals surface area contributed by atoms with E-state index in [0.717, 1.165) is 6.54 Å². The predicted molar refractivity (Wildman–Crippen MR) is 81.9 cm³/mol. The fraction of sp³-hybridized carbons (Fsp3) is 0.562. The van der Waals surface area contributed by atoms with E-state index in [9.17, 15) is 4.79 Å². The largest absolute Gasteiger partial charge is 0.303 e. The van der Waals surface area contributed by atoms with Gasteiger partial charge in [0.1, 0.15) is 0 Å². The van der Waals surface area contributed by atoms with Crippen LogP contribution in [-0.4, -0.2) is 30.3 Å². The zero-order chi connectivity index (χ0) is 14.6. The molecule has 0 radical (unpaired) electrons. The first-order chi connectivity index (χ1) is 8.73. The van der Waals surface area contributed by atoms with Crippen LogP contribution in [0.1, 0.15) is 44.5 Å². The van der Waals surface area contributed by atoms with Crippen molar-refractivity contribution in [3.8, 4) is 0 Å². The van der Waals surface area contributed by atoms with Crippen LogP contribution in [0.2, 0.25) is 5.02 Å². The lowest BCUT2D eigenvalue weighted by atomic mass is 9.87. The Kier molecular flexibility index (Phi) is 5.57. The van der Waals surface area contributed by atoms with Gasteiger partial charge < -0.3 is 4.90 Å². The standard InChI is InChI=1S/C16H24ClNO/c1-12(16(2,3)4)18(5)11-10-15(19)13-8-6-7-9-14(13)17/h6-9,12H,10-11H2,1-5H3. The number of carbonyl (C=O) groups is 1. The number of nitrogens with zero attached hydrogens (tertiary/aromatic N) is 1. The first-order valence-electron chi connectivity index (χ1n) is 6.71. The Labute approximate surface area is 121 Å². The summed E-state index contributed by atoms with van der Waals surface area (Å²) in [6.45, 7) is 9.58. The second-order valence-electron chi connectivity index (χ2n) is 6.18. The van der Waals surface area contributed by atoms with Gasteiger partial charge in [0.2, 0.25) is 0 Å². The van der Waals surface area contributed by atoms with Gasteiger partial charge in [-0.15, -0.1) is 0 Å². The van der Waals surface area contributed by atoms with Crippen molar-refractivity contribution < 1.29 is 4.79 Å². The van der Waals surface area contributed by atoms with Crippen molar-refractivity contribution in [3.05, 3.63) is 34.9 Å². The van der Waals surface area contributed by atoms with Gasteiger partial charge in [0, 0.05) is 24.6 Å². The Morgan fingerprint density at radius 2 is 1.89 bits per heavy atom. The molecule has 0 saturated heterocycles. The summed E-state index contributed by atoms with van der Waals surface area (Å²) in [5.74, 6) is 0.110. The van der Waals surface area contributed by atoms with Crippen LogP contribution in [-0.2, 0) is 0 Å². The molecule has 0 aliphatic rings. The molecule has 3 heteroatoms. The molecule has 0 aliphatic heterocycles. The quantitative estimate of drug-likeness (QED) is 0.751. The molecule has 106 valence electrons. The van der Waals surface area contributed by atoms with Crippen molar-refractivity contribution in [2.24, 2.45) is 5.41 Å². The smallest absolute Gasteiger partial charge is 0.165 e. The average molecular weight is 282 g/mol. The van der Waals surface area contributed by atoms with Gasteiger partial charge in [-0.2, -0.15) is 0 Å². The third-order valence-corrected chi connectivity index (χ3v) is 4.11. The van der Waals surface area contributed by atoms with Crippen LogP contribution >= 0.6 is 11.6 Å². The molecule has 0 bridgehead atoms. The lowest BCUT2D eigenvalue weighted by Crippen LogP contribution is -2.40. The highest BCUT2D eigenvalue weighted by Crippen LogP contribution is 2.23. The fourth-order valence-corrected chi connectivity index (χ4v) is 2.20. The van der Waals surface area contributed by atoms with Crippen LogP contribution in [0.25, 0.3) is 0 Å². The van der Waals surface area contributed by atoms with Crippen molar-refractivity contribution in [2.45, 2.75) is 40.2 Å². The number of ketones is 1. The van der Waals surface area contributed by atoms with Crippen molar-refractivity contribution in [1.82, 2.24) is 4.90 Å². The van der Waals surface area contributed by atoms with E-state index in [1.165, 1.54) is 0 Å². The zero-order valence-electron chi connectivity index (χ0n) is 12.5. The van der Waals surface area contributed by atoms with Gasteiger partial charge in [0.25, 0.3) is 0 Å². The van der Waals surface area contributed by atoms with Crippen LogP contribution < -0.4 is 0 Å². The van der Waals surface area contributed by atoms with E-state index in [-0.39, 0.29) is 11.2 Å². The maximum atomic E-state index is 12.1. The molecule has 1 aromatic rings. The minimum Gasteiger partial charge on any atom is -0.303 e. The summed E-state index contributed by atoms with van der Waals surface area (Å²) in [5, 5.41) is 0.541. The molecule has 0 N–H and O–H groups in total. The Balaban J connectivity index is 2.58. The second kappa shape index (κ2) is 6.53. The number of halogens is 1. The number of rotatable bonds is 5. The zero-order valence-corrected chi connectivity index (χ0v) is 13.3. The first-order valence-corrected chi connectivity index (χ1v) is 7.09. The summed E-state index contributed by atoms with van der Waals surface area (Å²) in [4.78, 5) is 14.4. The molecule has 1 aromatic carbocycles. The van der Waals surface area contributed by atoms with Gasteiger partial charge in [-0.05, 0) is 31.5 Å². The van der Waals surface area contributed by atoms with Gasteiger partial charge >= 0.3 is 0 Å². The van der Waals surface area contributed by atoms with E-state index in [2.05, 4.69) is 39.6 Å². The molecule has 0 heterocycles. The van der Waals surface area contributed by atoms with Crippen molar-refractivity contribution >= 4 is 17.4 Å². The maximum Gasteiger partial charge on any atom is 0.165 e. The second-order valence-corrected chi connectivity index (χ2v) is 6.58. The van der Waals surface area contributed by atoms with Crippen molar-refractivity contribution in [2.75, 3.05) is 13.6 Å². The van der Waals surface area contributed by atoms with E-state index >= 15 is 0 Å². The molecule has 2 nitrogen and oxygen atoms in total. The van der Waals surface area contributed by atoms with Crippen LogP contribution in [0.4, 0.5) is 0 Å². The van der Waals surface area contributed by atoms with Gasteiger partial charge in [0.05, 0.1) is 5.02 Å². The molecule has 1 unspecified atom stereocenters. The van der Waals surface area contributed by atoms with Crippen molar-refractivity contribution in [3.63, 3.8) is 0 Å². The molecule has 0 amide bonds. The third-order valence-electron chi connectivity index (χ3n) is 3.78. The first kappa shape index (κ1) is 16.2. The lowest BCUT2D eigenvalue weighted by Gasteiger charge is -2.35. The van der Waals surface area contributed by atoms with Crippen LogP contribution in [0.3, 0.4) is 0 Å². The van der Waals surface area contributed by atoms with E-state index in [4.69, 9.17) is 11.6 Å². The normalized spacial score (nSPS) is 13.6. The summed E-state index contributed by atoms with van der Waals surface area (Å²) >= 11 is 6.04. The Morgan fingerprint density at radius 1 is 1.32 bits per heavy atom. The monoisotopic (exact) mass is 281 g/mol. The highest BCUT2D eigenvalue weighted by Gasteiger charge is 2.24. The minimum absolute atomic E-state index is 0.110. The number of hydrogen-bond donors (Lipinski definition) is 0. The lowest BCUT2D eigenvalue weighted by molar-refractivity contribution is 0.0928. The number of carbonyl (C=O) groups excluding carboxylic acids is 1. The molecule has 1 rings (SSSR count). The molecule has 0 aliphatic carbocycles. The SMILES string of the molecule is CC(N(C)CCC(=O)c1ccccc1Cl)C(C)(C)C. The summed E-state index contributed by atoms with van der Waals surface area (Å²) in [5.41, 5.74) is 0.836. The predicted octanol–water partition coefficient (Wildman–Crippen LogP) is 4.28. The summed E-state index contributed by atoms with van der Waals surface area (Å²) < 4.78 is 0. The highest BCUT2D eigenvalue weighted by atomic mass is 35.5. The maximum absolute atomic E-state index is 12.1. The summed E-state index contributed by atoms with van der Waals surface area (Å²) in [7, 11) is 2.07. The topological polar surface area (TPSA) is 20.3 Å². The van der Waals surface area contributed by atoms with E-state index < -0.39 is 0 Å². The molecule has 19 heavy (non-hydrogen) atoms. The molecule has 0 fully saturated rings. The van der Waals surface area contributed by atoms with Gasteiger partial charge in [-0.3, -0.25) is 4.79 Å². The third kappa shape index (κ3) is 4.63. The van der Waals surface area contributed by atoms with Crippen LogP contribution in [0, 0.1) is 5.41 Å². The molecule has 0 spiro atoms. The molecule has 1 atom stereocenters. The molecular weight excluding hydrogens is 258 g/mol. The number of benzene rings is 1. The fourth-order valence-electron chi connectivity index (χ4n) is 1.95. The van der Waals surface area contributed by atoms with Gasteiger partial charge in [-0.1, -0.05) is 44.5 Å². The van der Waals surface area contributed by atoms with Crippen LogP contribution in [0.5, 0.6) is 0 Å². The summed E-state index contributed by atoms with van der Waals surface area (Å²) in [6.07, 6.45) is 0.501. The number of Topliss-reactive ketones (excluding diaryl/α,β-unsaturated/α-hetero) is 1. The van der Waals surface area contributed by atoms with E-state index in [1.54, 1.807) is 12.1 Å². The van der Waals surface area contributed by atoms with Crippen molar-refractivity contribution in [1.29, 1.82) is 0 Å². The molecule has 0 saturated carbocycles. The highest BCUT2D eigenvalue weighted by molar-refractivity contribution is 6.33. The summed E-state index contributed by atoms with van der Waals surface area (Å²) in [6, 6.07) is 7.66. The Morgan fingerprint density at radius 3 is 2.42 bits per heavy atom. The van der Waals surface area contributed by atoms with Gasteiger partial charge in [-0.25, -0.2) is 0 Å². The van der Waals surface area contributed by atoms with Gasteiger partial charge in [0.15, 0.2) is 5.78 Å². The Hall–Kier alpha value is -0.860. The molecule has 0 aromatic heterocycles. The average Bonchev–Trinajstić information content (AvgIpc) is 2.34. The Bertz CT molecular complexity index is 437. The van der Waals surface area contributed by atoms with E-state index in [1.807, 2.05) is 12.1 Å². The number of hydrogen-bond acceptors (Lipinski definition) is 2. The van der Waals surface area contributed by atoms with E-state index in [0.29, 0.717) is 23.0 Å². The molecular formula is C16H24ClNO. The van der Waals surface area contributed by atoms with Crippen LogP contribution in [0.15, 0.2) is 24.3 Å².